The first-order chi connectivity index (χ1) is 11.9. The van der Waals surface area contributed by atoms with Gasteiger partial charge in [-0.1, -0.05) is 6.07 Å². The number of halogens is 1. The first-order valence-corrected chi connectivity index (χ1v) is 9.63. The number of benzene rings is 2. The fraction of sp³-hybridized carbons (Fsp3) is 0.105. The van der Waals surface area contributed by atoms with Crippen LogP contribution in [0.5, 0.6) is 11.5 Å². The number of rotatable bonds is 5. The number of aromatic nitrogens is 1. The Hall–Kier alpha value is -2.73. The van der Waals surface area contributed by atoms with E-state index in [0.29, 0.717) is 22.9 Å². The highest BCUT2D eigenvalue weighted by Gasteiger charge is 2.08. The third kappa shape index (κ3) is 4.87. The van der Waals surface area contributed by atoms with Gasteiger partial charge in [0, 0.05) is 11.8 Å². The molecule has 0 aliphatic heterocycles. The normalized spacial score (nSPS) is 11.3. The molecule has 0 saturated heterocycles. The topological polar surface area (TPSA) is 56.3 Å². The van der Waals surface area contributed by atoms with Crippen molar-refractivity contribution < 1.29 is 17.5 Å². The van der Waals surface area contributed by atoms with E-state index in [1.54, 1.807) is 36.4 Å². The van der Waals surface area contributed by atoms with Gasteiger partial charge in [-0.05, 0) is 60.7 Å². The number of pyridine rings is 1. The molecule has 0 bridgehead atoms. The van der Waals surface area contributed by atoms with Crippen LogP contribution >= 0.6 is 0 Å². The van der Waals surface area contributed by atoms with Crippen LogP contribution in [0, 0.1) is 5.82 Å². The number of ether oxygens (including phenoxy) is 1. The predicted octanol–water partition coefficient (Wildman–Crippen LogP) is 4.22. The van der Waals surface area contributed by atoms with Crippen LogP contribution in [0.4, 0.5) is 4.39 Å². The molecule has 0 aliphatic carbocycles. The molecular formula is C19H16FNO3S. The molecule has 0 fully saturated rings. The molecule has 0 unspecified atom stereocenters. The van der Waals surface area contributed by atoms with Gasteiger partial charge in [0.2, 0.25) is 0 Å². The van der Waals surface area contributed by atoms with Gasteiger partial charge in [-0.2, -0.15) is 0 Å². The van der Waals surface area contributed by atoms with Crippen LogP contribution in [0.2, 0.25) is 0 Å². The predicted molar refractivity (Wildman–Crippen MR) is 94.7 cm³/mol. The van der Waals surface area contributed by atoms with Crippen LogP contribution in [0.3, 0.4) is 0 Å². The summed E-state index contributed by atoms with van der Waals surface area (Å²) < 4.78 is 41.4. The largest absolute Gasteiger partial charge is 0.457 e. The van der Waals surface area contributed by atoms with E-state index < -0.39 is 9.84 Å². The van der Waals surface area contributed by atoms with Gasteiger partial charge >= 0.3 is 0 Å². The van der Waals surface area contributed by atoms with Gasteiger partial charge in [-0.25, -0.2) is 12.8 Å². The monoisotopic (exact) mass is 357 g/mol. The maximum atomic E-state index is 12.9. The molecule has 0 atom stereocenters. The van der Waals surface area contributed by atoms with E-state index in [4.69, 9.17) is 4.74 Å². The molecule has 6 heteroatoms. The van der Waals surface area contributed by atoms with Gasteiger partial charge in [0.1, 0.15) is 17.3 Å². The Bertz CT molecular complexity index is 968. The molecule has 0 N–H and O–H groups in total. The summed E-state index contributed by atoms with van der Waals surface area (Å²) in [5.74, 6) is 0.750. The SMILES string of the molecule is CS(=O)(=O)Cc1cccc(-c2ccc(Oc3ccc(F)cc3)cc2)n1. The zero-order chi connectivity index (χ0) is 17.9. The molecule has 3 rings (SSSR count). The van der Waals surface area contributed by atoms with E-state index in [1.807, 2.05) is 18.2 Å². The third-order valence-electron chi connectivity index (χ3n) is 3.42. The highest BCUT2D eigenvalue weighted by molar-refractivity contribution is 7.89. The van der Waals surface area contributed by atoms with E-state index in [-0.39, 0.29) is 11.6 Å². The lowest BCUT2D eigenvalue weighted by molar-refractivity contribution is 0.480. The number of sulfone groups is 1. The zero-order valence-corrected chi connectivity index (χ0v) is 14.3. The maximum Gasteiger partial charge on any atom is 0.153 e. The summed E-state index contributed by atoms with van der Waals surface area (Å²) in [5.41, 5.74) is 2.04. The molecule has 2 aromatic carbocycles. The Labute approximate surface area is 145 Å². The van der Waals surface area contributed by atoms with Crippen molar-refractivity contribution in [2.75, 3.05) is 6.26 Å². The van der Waals surface area contributed by atoms with Crippen LogP contribution < -0.4 is 4.74 Å². The summed E-state index contributed by atoms with van der Waals surface area (Å²) >= 11 is 0. The summed E-state index contributed by atoms with van der Waals surface area (Å²) in [6, 6.07) is 18.3. The second kappa shape index (κ2) is 7.03. The zero-order valence-electron chi connectivity index (χ0n) is 13.5. The fourth-order valence-electron chi connectivity index (χ4n) is 2.32. The van der Waals surface area contributed by atoms with Gasteiger partial charge < -0.3 is 4.74 Å². The van der Waals surface area contributed by atoms with Crippen molar-refractivity contribution in [1.29, 1.82) is 0 Å². The van der Waals surface area contributed by atoms with Crippen LogP contribution in [-0.2, 0) is 15.6 Å². The molecule has 0 radical (unpaired) electrons. The molecule has 1 heterocycles. The van der Waals surface area contributed by atoms with Crippen LogP contribution in [-0.4, -0.2) is 19.7 Å². The van der Waals surface area contributed by atoms with E-state index in [0.717, 1.165) is 5.56 Å². The first kappa shape index (κ1) is 17.1. The Morgan fingerprint density at radius 1 is 0.920 bits per heavy atom. The minimum atomic E-state index is -3.13. The minimum Gasteiger partial charge on any atom is -0.457 e. The third-order valence-corrected chi connectivity index (χ3v) is 4.24. The summed E-state index contributed by atoms with van der Waals surface area (Å²) in [6.07, 6.45) is 1.18. The van der Waals surface area contributed by atoms with Crippen LogP contribution in [0.25, 0.3) is 11.3 Å². The van der Waals surface area contributed by atoms with Crippen molar-refractivity contribution in [3.63, 3.8) is 0 Å². The lowest BCUT2D eigenvalue weighted by atomic mass is 10.1. The lowest BCUT2D eigenvalue weighted by Crippen LogP contribution is -2.03. The summed E-state index contributed by atoms with van der Waals surface area (Å²) in [4.78, 5) is 4.39. The van der Waals surface area contributed by atoms with E-state index in [1.165, 1.54) is 18.4 Å². The van der Waals surface area contributed by atoms with Gasteiger partial charge in [0.15, 0.2) is 9.84 Å². The standard InChI is InChI=1S/C19H16FNO3S/c1-25(22,23)13-16-3-2-4-19(21-16)14-5-9-17(10-6-14)24-18-11-7-15(20)8-12-18/h2-12H,13H2,1H3. The van der Waals surface area contributed by atoms with Crippen molar-refractivity contribution in [2.45, 2.75) is 5.75 Å². The lowest BCUT2D eigenvalue weighted by Gasteiger charge is -2.07. The minimum absolute atomic E-state index is 0.0907. The second-order valence-electron chi connectivity index (χ2n) is 5.66. The summed E-state index contributed by atoms with van der Waals surface area (Å²) in [6.45, 7) is 0. The van der Waals surface area contributed by atoms with Gasteiger partial charge in [-0.15, -0.1) is 0 Å². The number of hydrogen-bond acceptors (Lipinski definition) is 4. The maximum absolute atomic E-state index is 12.9. The van der Waals surface area contributed by atoms with Crippen molar-refractivity contribution in [3.05, 3.63) is 78.2 Å². The van der Waals surface area contributed by atoms with E-state index >= 15 is 0 Å². The Morgan fingerprint density at radius 3 is 2.12 bits per heavy atom. The molecule has 0 spiro atoms. The summed E-state index contributed by atoms with van der Waals surface area (Å²) in [7, 11) is -3.13. The first-order valence-electron chi connectivity index (χ1n) is 7.57. The molecule has 0 aliphatic rings. The van der Waals surface area contributed by atoms with Crippen molar-refractivity contribution in [2.24, 2.45) is 0 Å². The highest BCUT2D eigenvalue weighted by Crippen LogP contribution is 2.25. The number of hydrogen-bond donors (Lipinski definition) is 0. The highest BCUT2D eigenvalue weighted by atomic mass is 32.2. The molecule has 128 valence electrons. The number of nitrogens with zero attached hydrogens (tertiary/aromatic N) is 1. The molecular weight excluding hydrogens is 341 g/mol. The molecule has 3 aromatic rings. The Morgan fingerprint density at radius 2 is 1.52 bits per heavy atom. The van der Waals surface area contributed by atoms with Crippen molar-refractivity contribution >= 4 is 9.84 Å². The summed E-state index contributed by atoms with van der Waals surface area (Å²) in [5, 5.41) is 0. The second-order valence-corrected chi connectivity index (χ2v) is 7.80. The van der Waals surface area contributed by atoms with Crippen molar-refractivity contribution in [3.8, 4) is 22.8 Å². The Balaban J connectivity index is 1.78. The van der Waals surface area contributed by atoms with Crippen LogP contribution in [0.1, 0.15) is 5.69 Å². The molecule has 25 heavy (non-hydrogen) atoms. The van der Waals surface area contributed by atoms with E-state index in [2.05, 4.69) is 4.98 Å². The molecule has 1 aromatic heterocycles. The smallest absolute Gasteiger partial charge is 0.153 e. The van der Waals surface area contributed by atoms with E-state index in [9.17, 15) is 12.8 Å². The van der Waals surface area contributed by atoms with Crippen LogP contribution in [0.15, 0.2) is 66.7 Å². The average molecular weight is 357 g/mol. The molecule has 0 saturated carbocycles. The van der Waals surface area contributed by atoms with Gasteiger partial charge in [0.25, 0.3) is 0 Å². The quantitative estimate of drug-likeness (QED) is 0.686. The average Bonchev–Trinajstić information content (AvgIpc) is 2.56. The fourth-order valence-corrected chi connectivity index (χ4v) is 3.02. The van der Waals surface area contributed by atoms with Crippen molar-refractivity contribution in [1.82, 2.24) is 4.98 Å². The van der Waals surface area contributed by atoms with Gasteiger partial charge in [0.05, 0.1) is 17.1 Å². The molecule has 4 nitrogen and oxygen atoms in total. The Kier molecular flexibility index (Phi) is 4.81. The molecule has 0 amide bonds. The van der Waals surface area contributed by atoms with Gasteiger partial charge in [-0.3, -0.25) is 4.98 Å².